The molecule has 0 radical (unpaired) electrons. The van der Waals surface area contributed by atoms with Crippen molar-refractivity contribution in [3.63, 3.8) is 0 Å². The molecule has 0 spiro atoms. The van der Waals surface area contributed by atoms with Crippen molar-refractivity contribution in [2.24, 2.45) is 0 Å². The first kappa shape index (κ1) is 13.1. The summed E-state index contributed by atoms with van der Waals surface area (Å²) in [4.78, 5) is 8.65. The van der Waals surface area contributed by atoms with Crippen LogP contribution in [0.15, 0.2) is 24.3 Å². The summed E-state index contributed by atoms with van der Waals surface area (Å²) in [5.41, 5.74) is 7.27. The van der Waals surface area contributed by atoms with Gasteiger partial charge < -0.3 is 5.73 Å². The molecule has 0 amide bonds. The molecule has 0 aliphatic carbocycles. The first-order valence-electron chi connectivity index (χ1n) is 5.69. The third kappa shape index (κ3) is 2.74. The molecule has 0 bridgehead atoms. The molecule has 1 aromatic carbocycles. The number of hydrogen-bond acceptors (Lipinski definition) is 3. The molecule has 18 heavy (non-hydrogen) atoms. The van der Waals surface area contributed by atoms with Gasteiger partial charge in [0.2, 0.25) is 0 Å². The second-order valence-corrected chi connectivity index (χ2v) is 4.73. The number of anilines is 1. The first-order chi connectivity index (χ1) is 8.61. The standard InChI is InChI=1S/C13H13Cl2N3/c1-2-4-12-17-10(7-11(16)18-12)8-5-3-6-9(14)13(8)15/h3,5-7H,2,4H2,1H3,(H2,16,17,18). The van der Waals surface area contributed by atoms with Crippen molar-refractivity contribution >= 4 is 29.0 Å². The van der Waals surface area contributed by atoms with Gasteiger partial charge in [0.15, 0.2) is 0 Å². The number of halogens is 2. The van der Waals surface area contributed by atoms with Crippen LogP contribution in [-0.4, -0.2) is 9.97 Å². The van der Waals surface area contributed by atoms with E-state index in [0.717, 1.165) is 24.2 Å². The Balaban J connectivity index is 2.53. The second kappa shape index (κ2) is 5.55. The van der Waals surface area contributed by atoms with Crippen molar-refractivity contribution < 1.29 is 0 Å². The van der Waals surface area contributed by atoms with Gasteiger partial charge in [0, 0.05) is 18.1 Å². The van der Waals surface area contributed by atoms with Gasteiger partial charge in [-0.2, -0.15) is 0 Å². The number of nitrogens with two attached hydrogens (primary N) is 1. The molecule has 0 aliphatic heterocycles. The van der Waals surface area contributed by atoms with Crippen molar-refractivity contribution in [3.05, 3.63) is 40.1 Å². The molecular weight excluding hydrogens is 269 g/mol. The summed E-state index contributed by atoms with van der Waals surface area (Å²) < 4.78 is 0. The van der Waals surface area contributed by atoms with Crippen LogP contribution in [0.25, 0.3) is 11.3 Å². The third-order valence-electron chi connectivity index (χ3n) is 2.49. The summed E-state index contributed by atoms with van der Waals surface area (Å²) in [6, 6.07) is 7.15. The molecule has 0 fully saturated rings. The molecule has 1 aromatic heterocycles. The van der Waals surface area contributed by atoms with E-state index in [1.807, 2.05) is 12.1 Å². The minimum atomic E-state index is 0.444. The average Bonchev–Trinajstić information content (AvgIpc) is 2.32. The van der Waals surface area contributed by atoms with Crippen LogP contribution in [-0.2, 0) is 6.42 Å². The Morgan fingerprint density at radius 1 is 1.22 bits per heavy atom. The Morgan fingerprint density at radius 2 is 2.00 bits per heavy atom. The molecule has 0 saturated carbocycles. The van der Waals surface area contributed by atoms with Gasteiger partial charge in [0.1, 0.15) is 11.6 Å². The number of nitrogens with zero attached hydrogens (tertiary/aromatic N) is 2. The zero-order chi connectivity index (χ0) is 13.1. The van der Waals surface area contributed by atoms with Crippen LogP contribution in [0.3, 0.4) is 0 Å². The lowest BCUT2D eigenvalue weighted by atomic mass is 10.1. The first-order valence-corrected chi connectivity index (χ1v) is 6.45. The highest BCUT2D eigenvalue weighted by Gasteiger charge is 2.10. The monoisotopic (exact) mass is 281 g/mol. The van der Waals surface area contributed by atoms with Crippen LogP contribution in [0.4, 0.5) is 5.82 Å². The molecule has 1 heterocycles. The highest BCUT2D eigenvalue weighted by molar-refractivity contribution is 6.43. The lowest BCUT2D eigenvalue weighted by molar-refractivity contribution is 0.839. The van der Waals surface area contributed by atoms with Gasteiger partial charge in [-0.15, -0.1) is 0 Å². The van der Waals surface area contributed by atoms with Crippen LogP contribution < -0.4 is 5.73 Å². The Bertz CT molecular complexity index is 570. The van der Waals surface area contributed by atoms with E-state index in [4.69, 9.17) is 28.9 Å². The Hall–Kier alpha value is -1.32. The lowest BCUT2D eigenvalue weighted by Gasteiger charge is -2.08. The fourth-order valence-electron chi connectivity index (χ4n) is 1.69. The highest BCUT2D eigenvalue weighted by Crippen LogP contribution is 2.32. The van der Waals surface area contributed by atoms with Crippen LogP contribution in [0.1, 0.15) is 19.2 Å². The summed E-state index contributed by atoms with van der Waals surface area (Å²) in [7, 11) is 0. The predicted octanol–water partition coefficient (Wildman–Crippen LogP) is 3.99. The summed E-state index contributed by atoms with van der Waals surface area (Å²) >= 11 is 12.2. The van der Waals surface area contributed by atoms with Crippen molar-refractivity contribution in [2.45, 2.75) is 19.8 Å². The quantitative estimate of drug-likeness (QED) is 0.926. The van der Waals surface area contributed by atoms with Crippen molar-refractivity contribution in [2.75, 3.05) is 5.73 Å². The molecule has 0 saturated heterocycles. The minimum absolute atomic E-state index is 0.444. The predicted molar refractivity (Wildman–Crippen MR) is 75.9 cm³/mol. The molecule has 0 unspecified atom stereocenters. The van der Waals surface area contributed by atoms with Crippen LogP contribution in [0, 0.1) is 0 Å². The highest BCUT2D eigenvalue weighted by atomic mass is 35.5. The largest absolute Gasteiger partial charge is 0.384 e. The molecule has 3 nitrogen and oxygen atoms in total. The number of aryl methyl sites for hydroxylation is 1. The summed E-state index contributed by atoms with van der Waals surface area (Å²) in [6.45, 7) is 2.07. The molecule has 0 aliphatic rings. The van der Waals surface area contributed by atoms with Gasteiger partial charge in [0.25, 0.3) is 0 Å². The van der Waals surface area contributed by atoms with E-state index in [1.54, 1.807) is 12.1 Å². The third-order valence-corrected chi connectivity index (χ3v) is 3.31. The van der Waals surface area contributed by atoms with Crippen LogP contribution in [0.5, 0.6) is 0 Å². The Morgan fingerprint density at radius 3 is 2.72 bits per heavy atom. The van der Waals surface area contributed by atoms with Gasteiger partial charge in [-0.25, -0.2) is 9.97 Å². The molecule has 5 heteroatoms. The lowest BCUT2D eigenvalue weighted by Crippen LogP contribution is -2.01. The smallest absolute Gasteiger partial charge is 0.131 e. The summed E-state index contributed by atoms with van der Waals surface area (Å²) in [5, 5.41) is 0.989. The maximum atomic E-state index is 6.18. The maximum absolute atomic E-state index is 6.18. The van der Waals surface area contributed by atoms with Crippen molar-refractivity contribution in [1.29, 1.82) is 0 Å². The van der Waals surface area contributed by atoms with E-state index in [1.165, 1.54) is 0 Å². The van der Waals surface area contributed by atoms with E-state index in [0.29, 0.717) is 21.6 Å². The summed E-state index contributed by atoms with van der Waals surface area (Å²) in [5.74, 6) is 1.17. The number of nitrogen functional groups attached to an aromatic ring is 1. The Labute approximate surface area is 116 Å². The number of rotatable bonds is 3. The van der Waals surface area contributed by atoms with Gasteiger partial charge >= 0.3 is 0 Å². The van der Waals surface area contributed by atoms with E-state index in [9.17, 15) is 0 Å². The van der Waals surface area contributed by atoms with Gasteiger partial charge in [0.05, 0.1) is 15.7 Å². The molecule has 2 rings (SSSR count). The van der Waals surface area contributed by atoms with Crippen LogP contribution in [0.2, 0.25) is 10.0 Å². The van der Waals surface area contributed by atoms with E-state index >= 15 is 0 Å². The minimum Gasteiger partial charge on any atom is -0.384 e. The van der Waals surface area contributed by atoms with Gasteiger partial charge in [-0.05, 0) is 12.5 Å². The molecule has 2 aromatic rings. The van der Waals surface area contributed by atoms with Gasteiger partial charge in [-0.3, -0.25) is 0 Å². The molecule has 2 N–H and O–H groups in total. The Kier molecular flexibility index (Phi) is 4.04. The van der Waals surface area contributed by atoms with E-state index < -0.39 is 0 Å². The van der Waals surface area contributed by atoms with E-state index in [2.05, 4.69) is 16.9 Å². The fourth-order valence-corrected chi connectivity index (χ4v) is 2.09. The summed E-state index contributed by atoms with van der Waals surface area (Å²) in [6.07, 6.45) is 1.75. The average molecular weight is 282 g/mol. The maximum Gasteiger partial charge on any atom is 0.131 e. The fraction of sp³-hybridized carbons (Fsp3) is 0.231. The SMILES string of the molecule is CCCc1nc(N)cc(-c2cccc(Cl)c2Cl)n1. The number of aromatic nitrogens is 2. The van der Waals surface area contributed by atoms with E-state index in [-0.39, 0.29) is 0 Å². The molecule has 0 atom stereocenters. The molecular formula is C13H13Cl2N3. The normalized spacial score (nSPS) is 10.6. The zero-order valence-electron chi connectivity index (χ0n) is 9.95. The second-order valence-electron chi connectivity index (χ2n) is 3.95. The van der Waals surface area contributed by atoms with Gasteiger partial charge in [-0.1, -0.05) is 42.3 Å². The number of benzene rings is 1. The topological polar surface area (TPSA) is 51.8 Å². The van der Waals surface area contributed by atoms with Crippen molar-refractivity contribution in [3.8, 4) is 11.3 Å². The molecule has 94 valence electrons. The van der Waals surface area contributed by atoms with Crippen molar-refractivity contribution in [1.82, 2.24) is 9.97 Å². The van der Waals surface area contributed by atoms with Crippen LogP contribution >= 0.6 is 23.2 Å². The zero-order valence-corrected chi connectivity index (χ0v) is 11.5. The number of hydrogen-bond donors (Lipinski definition) is 1.